The Labute approximate surface area is 139 Å². The molecule has 1 saturated heterocycles. The largest absolute Gasteiger partial charge is 0.484 e. The van der Waals surface area contributed by atoms with Crippen molar-refractivity contribution in [2.45, 2.75) is 18.9 Å². The van der Waals surface area contributed by atoms with Crippen LogP contribution in [0.1, 0.15) is 12.8 Å². The van der Waals surface area contributed by atoms with E-state index in [2.05, 4.69) is 27.9 Å². The van der Waals surface area contributed by atoms with Crippen LogP contribution in [0.5, 0.6) is 5.75 Å². The molecule has 1 N–H and O–H groups in total. The van der Waals surface area contributed by atoms with Gasteiger partial charge < -0.3 is 15.0 Å². The van der Waals surface area contributed by atoms with Crippen molar-refractivity contribution < 1.29 is 9.53 Å². The molecule has 0 atom stereocenters. The highest BCUT2D eigenvalue weighted by Crippen LogP contribution is 2.14. The zero-order valence-electron chi connectivity index (χ0n) is 11.5. The monoisotopic (exact) mass is 410 g/mol. The maximum absolute atomic E-state index is 12.1. The van der Waals surface area contributed by atoms with Crippen LogP contribution in [0.15, 0.2) is 24.3 Å². The van der Waals surface area contributed by atoms with Crippen molar-refractivity contribution in [3.05, 3.63) is 27.8 Å². The first kappa shape index (κ1) is 17.5. The van der Waals surface area contributed by atoms with Crippen molar-refractivity contribution in [3.8, 4) is 5.75 Å². The molecular weight excluding hydrogens is 391 g/mol. The molecule has 2 rings (SSSR count). The summed E-state index contributed by atoms with van der Waals surface area (Å²) in [6.07, 6.45) is 2.04. The van der Waals surface area contributed by atoms with E-state index in [1.54, 1.807) is 0 Å². The molecule has 1 aliphatic heterocycles. The Bertz CT molecular complexity index is 422. The second-order valence-corrected chi connectivity index (χ2v) is 5.97. The molecule has 0 bridgehead atoms. The van der Waals surface area contributed by atoms with E-state index in [1.807, 2.05) is 36.2 Å². The van der Waals surface area contributed by atoms with E-state index in [0.29, 0.717) is 6.04 Å². The van der Waals surface area contributed by atoms with E-state index in [-0.39, 0.29) is 24.9 Å². The Balaban J connectivity index is 0.00000200. The van der Waals surface area contributed by atoms with Gasteiger partial charge in [0.25, 0.3) is 5.91 Å². The Morgan fingerprint density at radius 3 is 2.55 bits per heavy atom. The third-order valence-electron chi connectivity index (χ3n) is 3.43. The van der Waals surface area contributed by atoms with E-state index in [1.165, 1.54) is 0 Å². The van der Waals surface area contributed by atoms with Crippen molar-refractivity contribution in [1.29, 1.82) is 0 Å². The van der Waals surface area contributed by atoms with Crippen LogP contribution in [-0.2, 0) is 4.79 Å². The normalized spacial score (nSPS) is 15.3. The molecule has 6 heteroatoms. The maximum atomic E-state index is 12.1. The number of nitrogens with one attached hydrogen (secondary N) is 1. The number of piperidine rings is 1. The van der Waals surface area contributed by atoms with Gasteiger partial charge in [-0.2, -0.15) is 0 Å². The molecule has 1 aromatic carbocycles. The first-order valence-corrected chi connectivity index (χ1v) is 7.59. The molecular formula is C14H20ClIN2O2. The maximum Gasteiger partial charge on any atom is 0.260 e. The van der Waals surface area contributed by atoms with Crippen LogP contribution in [0.25, 0.3) is 0 Å². The minimum atomic E-state index is 0. The van der Waals surface area contributed by atoms with E-state index in [4.69, 9.17) is 4.74 Å². The highest BCUT2D eigenvalue weighted by molar-refractivity contribution is 14.1. The average Bonchev–Trinajstić information content (AvgIpc) is 2.46. The molecule has 1 amide bonds. The Kier molecular flexibility index (Phi) is 7.61. The average molecular weight is 411 g/mol. The summed E-state index contributed by atoms with van der Waals surface area (Å²) >= 11 is 2.24. The first-order valence-electron chi connectivity index (χ1n) is 6.51. The fourth-order valence-electron chi connectivity index (χ4n) is 2.18. The number of hydrogen-bond donors (Lipinski definition) is 1. The van der Waals surface area contributed by atoms with Crippen molar-refractivity contribution in [2.75, 3.05) is 26.7 Å². The third-order valence-corrected chi connectivity index (χ3v) is 4.14. The Morgan fingerprint density at radius 1 is 1.35 bits per heavy atom. The van der Waals surface area contributed by atoms with Crippen molar-refractivity contribution in [3.63, 3.8) is 0 Å². The lowest BCUT2D eigenvalue weighted by atomic mass is 10.1. The predicted octanol–water partition coefficient (Wildman–Crippen LogP) is 2.30. The SMILES string of the molecule is CN(C(=O)COc1ccc(I)cc1)C1CCNCC1.Cl. The molecule has 0 aliphatic carbocycles. The Morgan fingerprint density at radius 2 is 1.95 bits per heavy atom. The highest BCUT2D eigenvalue weighted by Gasteiger charge is 2.21. The van der Waals surface area contributed by atoms with Crippen molar-refractivity contribution in [2.24, 2.45) is 0 Å². The van der Waals surface area contributed by atoms with Crippen LogP contribution in [-0.4, -0.2) is 43.6 Å². The molecule has 0 spiro atoms. The van der Waals surface area contributed by atoms with Crippen LogP contribution in [0.3, 0.4) is 0 Å². The van der Waals surface area contributed by atoms with Crippen LogP contribution >= 0.6 is 35.0 Å². The highest BCUT2D eigenvalue weighted by atomic mass is 127. The topological polar surface area (TPSA) is 41.6 Å². The molecule has 1 aliphatic rings. The molecule has 20 heavy (non-hydrogen) atoms. The number of carbonyl (C=O) groups is 1. The van der Waals surface area contributed by atoms with Gasteiger partial charge in [0, 0.05) is 16.7 Å². The summed E-state index contributed by atoms with van der Waals surface area (Å²) in [4.78, 5) is 13.9. The smallest absolute Gasteiger partial charge is 0.260 e. The molecule has 0 aromatic heterocycles. The van der Waals surface area contributed by atoms with Crippen molar-refractivity contribution >= 4 is 40.9 Å². The number of benzene rings is 1. The van der Waals surface area contributed by atoms with Gasteiger partial charge in [-0.1, -0.05) is 0 Å². The van der Waals surface area contributed by atoms with Gasteiger partial charge in [0.1, 0.15) is 5.75 Å². The summed E-state index contributed by atoms with van der Waals surface area (Å²) in [6.45, 7) is 2.08. The van der Waals surface area contributed by atoms with Crippen LogP contribution < -0.4 is 10.1 Å². The van der Waals surface area contributed by atoms with Gasteiger partial charge in [-0.3, -0.25) is 4.79 Å². The molecule has 1 aromatic rings. The van der Waals surface area contributed by atoms with Crippen LogP contribution in [0.4, 0.5) is 0 Å². The van der Waals surface area contributed by atoms with Gasteiger partial charge in [0.05, 0.1) is 0 Å². The number of carbonyl (C=O) groups excluding carboxylic acids is 1. The molecule has 4 nitrogen and oxygen atoms in total. The zero-order valence-corrected chi connectivity index (χ0v) is 14.4. The van der Waals surface area contributed by atoms with Gasteiger partial charge in [0.2, 0.25) is 0 Å². The number of ether oxygens (including phenoxy) is 1. The molecule has 0 saturated carbocycles. The summed E-state index contributed by atoms with van der Waals surface area (Å²) < 4.78 is 6.68. The lowest BCUT2D eigenvalue weighted by Gasteiger charge is -2.31. The number of amides is 1. The van der Waals surface area contributed by atoms with E-state index in [9.17, 15) is 4.79 Å². The van der Waals surface area contributed by atoms with E-state index in [0.717, 1.165) is 35.3 Å². The van der Waals surface area contributed by atoms with Crippen LogP contribution in [0.2, 0.25) is 0 Å². The first-order chi connectivity index (χ1) is 9.16. The Hall–Kier alpha value is -0.530. The number of nitrogens with zero attached hydrogens (tertiary/aromatic N) is 1. The van der Waals surface area contributed by atoms with Gasteiger partial charge in [0.15, 0.2) is 6.61 Å². The minimum absolute atomic E-state index is 0. The summed E-state index contributed by atoms with van der Waals surface area (Å²) in [6, 6.07) is 8.06. The quantitative estimate of drug-likeness (QED) is 0.775. The third kappa shape index (κ3) is 5.10. The minimum Gasteiger partial charge on any atom is -0.484 e. The van der Waals surface area contributed by atoms with E-state index >= 15 is 0 Å². The van der Waals surface area contributed by atoms with Gasteiger partial charge in [-0.15, -0.1) is 12.4 Å². The lowest BCUT2D eigenvalue weighted by Crippen LogP contribution is -2.45. The zero-order chi connectivity index (χ0) is 13.7. The van der Waals surface area contributed by atoms with Gasteiger partial charge in [-0.25, -0.2) is 0 Å². The molecule has 0 radical (unpaired) electrons. The van der Waals surface area contributed by atoms with E-state index < -0.39 is 0 Å². The molecule has 1 heterocycles. The number of halogens is 2. The molecule has 1 fully saturated rings. The summed E-state index contributed by atoms with van der Waals surface area (Å²) in [5, 5.41) is 3.30. The number of likely N-dealkylation sites (N-methyl/N-ethyl adjacent to an activating group) is 1. The fraction of sp³-hybridized carbons (Fsp3) is 0.500. The number of rotatable bonds is 4. The second kappa shape index (κ2) is 8.69. The molecule has 0 unspecified atom stereocenters. The number of hydrogen-bond acceptors (Lipinski definition) is 3. The standard InChI is InChI=1S/C14H19IN2O2.ClH/c1-17(12-6-8-16-9-7-12)14(18)10-19-13-4-2-11(15)3-5-13;/h2-5,12,16H,6-10H2,1H3;1H. The summed E-state index contributed by atoms with van der Waals surface area (Å²) in [7, 11) is 1.87. The predicted molar refractivity (Wildman–Crippen MR) is 90.6 cm³/mol. The summed E-state index contributed by atoms with van der Waals surface area (Å²) in [5.74, 6) is 0.790. The van der Waals surface area contributed by atoms with Gasteiger partial charge >= 0.3 is 0 Å². The fourth-order valence-corrected chi connectivity index (χ4v) is 2.53. The van der Waals surface area contributed by atoms with Crippen LogP contribution in [0, 0.1) is 3.57 Å². The van der Waals surface area contributed by atoms with Gasteiger partial charge in [-0.05, 0) is 72.8 Å². The summed E-state index contributed by atoms with van der Waals surface area (Å²) in [5.41, 5.74) is 0. The second-order valence-electron chi connectivity index (χ2n) is 4.73. The van der Waals surface area contributed by atoms with Crippen molar-refractivity contribution in [1.82, 2.24) is 10.2 Å². The lowest BCUT2D eigenvalue weighted by molar-refractivity contribution is -0.134. The molecule has 112 valence electrons.